The highest BCUT2D eigenvalue weighted by Gasteiger charge is 2.41. The van der Waals surface area contributed by atoms with Crippen molar-refractivity contribution in [3.63, 3.8) is 0 Å². The van der Waals surface area contributed by atoms with Crippen molar-refractivity contribution in [1.82, 2.24) is 10.2 Å². The third-order valence-electron chi connectivity index (χ3n) is 3.71. The number of ether oxygens (including phenoxy) is 2. The van der Waals surface area contributed by atoms with E-state index in [2.05, 4.69) is 10.2 Å². The zero-order chi connectivity index (χ0) is 16.6. The Kier molecular flexibility index (Phi) is 3.80. The highest BCUT2D eigenvalue weighted by atomic mass is 19.1. The van der Waals surface area contributed by atoms with E-state index in [1.165, 1.54) is 13.2 Å². The molecule has 8 heteroatoms. The van der Waals surface area contributed by atoms with E-state index in [1.807, 2.05) is 6.07 Å². The van der Waals surface area contributed by atoms with Crippen molar-refractivity contribution in [2.75, 3.05) is 7.11 Å². The van der Waals surface area contributed by atoms with Crippen molar-refractivity contribution < 1.29 is 18.3 Å². The van der Waals surface area contributed by atoms with E-state index in [9.17, 15) is 14.0 Å². The first-order chi connectivity index (χ1) is 11.1. The first kappa shape index (κ1) is 15.1. The van der Waals surface area contributed by atoms with Gasteiger partial charge in [0.15, 0.2) is 0 Å². The largest absolute Gasteiger partial charge is 0.422 e. The summed E-state index contributed by atoms with van der Waals surface area (Å²) in [4.78, 5) is 0. The number of nitrogens with one attached hydrogen (secondary N) is 2. The Balaban J connectivity index is 2.21. The fraction of sp³-hybridized carbons (Fsp3) is 0.267. The Bertz CT molecular complexity index is 812. The van der Waals surface area contributed by atoms with Crippen molar-refractivity contribution >= 4 is 5.90 Å². The Morgan fingerprint density at radius 2 is 2.26 bits per heavy atom. The van der Waals surface area contributed by atoms with Gasteiger partial charge in [0.25, 0.3) is 0 Å². The van der Waals surface area contributed by atoms with Crippen LogP contribution in [0.1, 0.15) is 22.7 Å². The van der Waals surface area contributed by atoms with E-state index in [0.717, 1.165) is 12.1 Å². The summed E-state index contributed by atoms with van der Waals surface area (Å²) in [6.45, 7) is 0.149. The van der Waals surface area contributed by atoms with Crippen molar-refractivity contribution in [1.29, 1.82) is 10.7 Å². The molecule has 1 aromatic heterocycles. The average Bonchev–Trinajstić information content (AvgIpc) is 2.89. The van der Waals surface area contributed by atoms with Gasteiger partial charge < -0.3 is 9.47 Å². The van der Waals surface area contributed by atoms with E-state index in [0.29, 0.717) is 11.3 Å². The summed E-state index contributed by atoms with van der Waals surface area (Å²) < 4.78 is 37.8. The number of rotatable bonds is 3. The summed E-state index contributed by atoms with van der Waals surface area (Å²) in [6.07, 6.45) is 0. The Hall–Kier alpha value is -2.79. The van der Waals surface area contributed by atoms with Crippen molar-refractivity contribution in [2.45, 2.75) is 12.5 Å². The number of aromatic nitrogens is 2. The van der Waals surface area contributed by atoms with Gasteiger partial charge in [0.05, 0.1) is 18.4 Å². The number of fused-ring (bicyclic) bond motifs is 1. The molecule has 0 bridgehead atoms. The number of hydrogen-bond acceptors (Lipinski definition) is 5. The van der Waals surface area contributed by atoms with Crippen molar-refractivity contribution in [2.24, 2.45) is 5.92 Å². The second kappa shape index (κ2) is 5.78. The van der Waals surface area contributed by atoms with Gasteiger partial charge in [0, 0.05) is 24.7 Å². The van der Waals surface area contributed by atoms with Crippen LogP contribution in [0.2, 0.25) is 0 Å². The van der Waals surface area contributed by atoms with Crippen molar-refractivity contribution in [3.05, 3.63) is 46.7 Å². The fourth-order valence-corrected chi connectivity index (χ4v) is 2.73. The maximum atomic E-state index is 14.3. The highest BCUT2D eigenvalue weighted by molar-refractivity contribution is 5.84. The van der Waals surface area contributed by atoms with Crippen LogP contribution in [0.25, 0.3) is 0 Å². The minimum absolute atomic E-state index is 0.0993. The van der Waals surface area contributed by atoms with Crippen LogP contribution >= 0.6 is 0 Å². The Labute approximate surface area is 130 Å². The molecule has 0 amide bonds. The van der Waals surface area contributed by atoms with E-state index in [1.54, 1.807) is 0 Å². The third kappa shape index (κ3) is 2.45. The lowest BCUT2D eigenvalue weighted by atomic mass is 9.79. The molecule has 2 atom stereocenters. The number of hydrogen-bond donors (Lipinski definition) is 2. The van der Waals surface area contributed by atoms with E-state index in [4.69, 9.17) is 14.9 Å². The van der Waals surface area contributed by atoms with Crippen molar-refractivity contribution in [3.8, 4) is 11.9 Å². The smallest absolute Gasteiger partial charge is 0.243 e. The molecule has 2 heterocycles. The minimum atomic E-state index is -1.05. The molecule has 2 unspecified atom stereocenters. The van der Waals surface area contributed by atoms with Gasteiger partial charge in [0.1, 0.15) is 17.6 Å². The number of H-pyrrole nitrogens is 1. The van der Waals surface area contributed by atoms with Crippen LogP contribution in [-0.4, -0.2) is 23.2 Å². The van der Waals surface area contributed by atoms with Crippen LogP contribution in [0, 0.1) is 34.3 Å². The van der Waals surface area contributed by atoms with Crippen LogP contribution in [0.3, 0.4) is 0 Å². The van der Waals surface area contributed by atoms with Crippen LogP contribution in [0.4, 0.5) is 8.78 Å². The highest BCUT2D eigenvalue weighted by Crippen LogP contribution is 2.43. The Morgan fingerprint density at radius 3 is 2.91 bits per heavy atom. The van der Waals surface area contributed by atoms with E-state index < -0.39 is 23.5 Å². The predicted molar refractivity (Wildman–Crippen MR) is 75.0 cm³/mol. The fourth-order valence-electron chi connectivity index (χ4n) is 2.73. The molecule has 1 aromatic carbocycles. The molecule has 0 fully saturated rings. The zero-order valence-electron chi connectivity index (χ0n) is 12.1. The van der Waals surface area contributed by atoms with Crippen LogP contribution in [0.5, 0.6) is 5.88 Å². The second-order valence-corrected chi connectivity index (χ2v) is 5.07. The van der Waals surface area contributed by atoms with Gasteiger partial charge in [-0.2, -0.15) is 5.26 Å². The molecule has 2 aromatic rings. The van der Waals surface area contributed by atoms with Crippen LogP contribution in [-0.2, 0) is 11.3 Å². The van der Waals surface area contributed by atoms with Gasteiger partial charge in [-0.05, 0) is 11.6 Å². The molecular formula is C15H12F2N4O2. The quantitative estimate of drug-likeness (QED) is 0.909. The topological polar surface area (TPSA) is 94.8 Å². The summed E-state index contributed by atoms with van der Waals surface area (Å²) in [6, 6.07) is 5.08. The summed E-state index contributed by atoms with van der Waals surface area (Å²) in [5.41, 5.74) is 1.06. The molecule has 6 nitrogen and oxygen atoms in total. The van der Waals surface area contributed by atoms with Gasteiger partial charge in [-0.25, -0.2) is 8.78 Å². The lowest BCUT2D eigenvalue weighted by molar-refractivity contribution is 0.180. The minimum Gasteiger partial charge on any atom is -0.422 e. The lowest BCUT2D eigenvalue weighted by Crippen LogP contribution is -2.31. The molecule has 1 aliphatic rings. The summed E-state index contributed by atoms with van der Waals surface area (Å²) in [5, 5.41) is 23.9. The number of aromatic amines is 1. The SMILES string of the molecule is COCc1[nH]nc2c1C(c1ccc(F)cc1F)C(C#N)C(=N)O2. The van der Waals surface area contributed by atoms with Gasteiger partial charge in [-0.1, -0.05) is 6.07 Å². The van der Waals surface area contributed by atoms with Gasteiger partial charge in [-0.15, -0.1) is 5.10 Å². The molecular weight excluding hydrogens is 306 g/mol. The molecule has 0 spiro atoms. The zero-order valence-corrected chi connectivity index (χ0v) is 12.1. The molecule has 23 heavy (non-hydrogen) atoms. The first-order valence-corrected chi connectivity index (χ1v) is 6.73. The molecule has 1 aliphatic heterocycles. The number of methoxy groups -OCH3 is 1. The molecule has 0 saturated heterocycles. The lowest BCUT2D eigenvalue weighted by Gasteiger charge is -2.28. The molecule has 3 rings (SSSR count). The molecule has 0 aliphatic carbocycles. The molecule has 118 valence electrons. The molecule has 0 saturated carbocycles. The molecule has 0 radical (unpaired) electrons. The van der Waals surface area contributed by atoms with Gasteiger partial charge in [-0.3, -0.25) is 10.5 Å². The monoisotopic (exact) mass is 318 g/mol. The number of benzene rings is 1. The summed E-state index contributed by atoms with van der Waals surface area (Å²) in [7, 11) is 1.48. The van der Waals surface area contributed by atoms with Crippen LogP contribution < -0.4 is 4.74 Å². The van der Waals surface area contributed by atoms with Gasteiger partial charge >= 0.3 is 0 Å². The third-order valence-corrected chi connectivity index (χ3v) is 3.71. The number of nitrogens with zero attached hydrogens (tertiary/aromatic N) is 2. The average molecular weight is 318 g/mol. The summed E-state index contributed by atoms with van der Waals surface area (Å²) in [5.74, 6) is -3.62. The van der Waals surface area contributed by atoms with E-state index in [-0.39, 0.29) is 23.9 Å². The maximum absolute atomic E-state index is 14.3. The normalized spacial score (nSPS) is 19.8. The number of halogens is 2. The predicted octanol–water partition coefficient (Wildman–Crippen LogP) is 2.48. The maximum Gasteiger partial charge on any atom is 0.243 e. The van der Waals surface area contributed by atoms with Crippen LogP contribution in [0.15, 0.2) is 18.2 Å². The Morgan fingerprint density at radius 1 is 1.48 bits per heavy atom. The first-order valence-electron chi connectivity index (χ1n) is 6.73. The number of nitriles is 1. The van der Waals surface area contributed by atoms with E-state index >= 15 is 0 Å². The standard InChI is InChI=1S/C15H12F2N4O2/c1-22-6-11-13-12(8-3-2-7(16)4-10(8)17)9(5-18)14(19)23-15(13)21-20-11/h2-4,9,12,19H,6H2,1H3,(H,20,21). The summed E-state index contributed by atoms with van der Waals surface area (Å²) >= 11 is 0. The van der Waals surface area contributed by atoms with Gasteiger partial charge in [0.2, 0.25) is 11.8 Å². The second-order valence-electron chi connectivity index (χ2n) is 5.07. The molecule has 2 N–H and O–H groups in total.